The van der Waals surface area contributed by atoms with Crippen molar-refractivity contribution in [2.75, 3.05) is 0 Å². The summed E-state index contributed by atoms with van der Waals surface area (Å²) in [5, 5.41) is 4.47. The summed E-state index contributed by atoms with van der Waals surface area (Å²) in [5.74, 6) is 0. The van der Waals surface area contributed by atoms with Gasteiger partial charge in [-0.1, -0.05) is 71.3 Å². The molecule has 0 aliphatic heterocycles. The van der Waals surface area contributed by atoms with Crippen LogP contribution in [0.4, 0.5) is 0 Å². The Balaban J connectivity index is 2.23. The molecule has 0 radical (unpaired) electrons. The van der Waals surface area contributed by atoms with Gasteiger partial charge in [0.05, 0.1) is 0 Å². The van der Waals surface area contributed by atoms with E-state index in [1.807, 2.05) is 0 Å². The molecule has 0 unspecified atom stereocenters. The van der Waals surface area contributed by atoms with Gasteiger partial charge in [0.1, 0.15) is 0 Å². The van der Waals surface area contributed by atoms with E-state index in [9.17, 15) is 0 Å². The van der Waals surface area contributed by atoms with Crippen LogP contribution in [0.15, 0.2) is 71.1 Å². The monoisotopic (exact) mass is 360 g/mol. The van der Waals surface area contributed by atoms with Crippen LogP contribution in [-0.2, 0) is 0 Å². The van der Waals surface area contributed by atoms with Crippen molar-refractivity contribution in [3.8, 4) is 0 Å². The van der Waals surface area contributed by atoms with E-state index in [-0.39, 0.29) is 0 Å². The van der Waals surface area contributed by atoms with Gasteiger partial charge in [0.2, 0.25) is 0 Å². The molecule has 0 spiro atoms. The van der Waals surface area contributed by atoms with Crippen LogP contribution in [0, 0.1) is 27.7 Å². The molecule has 0 heterocycles. The summed E-state index contributed by atoms with van der Waals surface area (Å²) >= 11 is 0. The van der Waals surface area contributed by atoms with Crippen LogP contribution in [-0.4, -0.2) is 0 Å². The first-order chi connectivity index (χ1) is 12.4. The summed E-state index contributed by atoms with van der Waals surface area (Å²) < 4.78 is 0. The SMILES string of the molecule is CC1=CCC=C(P(c2ccc(C)cc2C)c2ccc(C)cc2C)C(C)=C1. The highest BCUT2D eigenvalue weighted by Crippen LogP contribution is 2.49. The Labute approximate surface area is 160 Å². The van der Waals surface area contributed by atoms with Gasteiger partial charge in [0.25, 0.3) is 0 Å². The average molecular weight is 360 g/mol. The van der Waals surface area contributed by atoms with E-state index in [1.165, 1.54) is 49.3 Å². The van der Waals surface area contributed by atoms with Crippen LogP contribution >= 0.6 is 7.92 Å². The van der Waals surface area contributed by atoms with Crippen molar-refractivity contribution < 1.29 is 0 Å². The summed E-state index contributed by atoms with van der Waals surface area (Å²) in [4.78, 5) is 0. The van der Waals surface area contributed by atoms with Crippen molar-refractivity contribution in [1.82, 2.24) is 0 Å². The minimum atomic E-state index is -0.551. The number of allylic oxidation sites excluding steroid dienone is 6. The van der Waals surface area contributed by atoms with Crippen LogP contribution in [0.25, 0.3) is 0 Å². The van der Waals surface area contributed by atoms with Crippen molar-refractivity contribution in [2.24, 2.45) is 0 Å². The highest BCUT2D eigenvalue weighted by Gasteiger charge is 2.23. The highest BCUT2D eigenvalue weighted by molar-refractivity contribution is 7.77. The second-order valence-corrected chi connectivity index (χ2v) is 9.63. The molecule has 0 N–H and O–H groups in total. The van der Waals surface area contributed by atoms with Gasteiger partial charge in [0, 0.05) is 0 Å². The molecule has 1 aliphatic carbocycles. The quantitative estimate of drug-likeness (QED) is 0.546. The Kier molecular flexibility index (Phi) is 5.64. The molecule has 134 valence electrons. The molecular weight excluding hydrogens is 331 g/mol. The molecule has 2 aromatic carbocycles. The number of hydrogen-bond donors (Lipinski definition) is 0. The molecular formula is C25H29P. The van der Waals surface area contributed by atoms with Crippen LogP contribution < -0.4 is 10.6 Å². The number of hydrogen-bond acceptors (Lipinski definition) is 0. The first kappa shape index (κ1) is 18.9. The van der Waals surface area contributed by atoms with Crippen molar-refractivity contribution in [3.05, 3.63) is 93.3 Å². The molecule has 26 heavy (non-hydrogen) atoms. The fraction of sp³-hybridized carbons (Fsp3) is 0.280. The molecule has 1 aliphatic rings. The highest BCUT2D eigenvalue weighted by atomic mass is 31.1. The predicted octanol–water partition coefficient (Wildman–Crippen LogP) is 6.53. The third-order valence-electron chi connectivity index (χ3n) is 5.03. The van der Waals surface area contributed by atoms with Crippen molar-refractivity contribution in [2.45, 2.75) is 48.0 Å². The van der Waals surface area contributed by atoms with Gasteiger partial charge >= 0.3 is 0 Å². The zero-order valence-electron chi connectivity index (χ0n) is 16.9. The van der Waals surface area contributed by atoms with E-state index < -0.39 is 7.92 Å². The van der Waals surface area contributed by atoms with Gasteiger partial charge in [-0.3, -0.25) is 0 Å². The number of aryl methyl sites for hydroxylation is 4. The molecule has 0 atom stereocenters. The normalized spacial score (nSPS) is 14.7. The van der Waals surface area contributed by atoms with Crippen LogP contribution in [0.2, 0.25) is 0 Å². The van der Waals surface area contributed by atoms with E-state index in [0.29, 0.717) is 0 Å². The Morgan fingerprint density at radius 1 is 0.692 bits per heavy atom. The van der Waals surface area contributed by atoms with Gasteiger partial charge in [-0.15, -0.1) is 0 Å². The largest absolute Gasteiger partial charge is 0.0778 e. The van der Waals surface area contributed by atoms with E-state index in [0.717, 1.165) is 6.42 Å². The van der Waals surface area contributed by atoms with Crippen LogP contribution in [0.5, 0.6) is 0 Å². The fourth-order valence-corrected chi connectivity index (χ4v) is 6.53. The summed E-state index contributed by atoms with van der Waals surface area (Å²) in [5.41, 5.74) is 8.24. The van der Waals surface area contributed by atoms with E-state index in [1.54, 1.807) is 0 Å². The lowest BCUT2D eigenvalue weighted by atomic mass is 10.1. The standard InChI is InChI=1S/C25H29P/c1-17-8-7-9-23(20(4)14-17)26(24-12-10-18(2)15-21(24)5)25-13-11-19(3)16-22(25)6/h8-16H,7H2,1-6H3. The zero-order valence-corrected chi connectivity index (χ0v) is 17.7. The Hall–Kier alpha value is -1.91. The molecule has 0 aromatic heterocycles. The zero-order chi connectivity index (χ0) is 18.8. The minimum absolute atomic E-state index is 0.551. The molecule has 0 saturated heterocycles. The van der Waals surface area contributed by atoms with E-state index >= 15 is 0 Å². The molecule has 0 bridgehead atoms. The maximum atomic E-state index is 2.45. The van der Waals surface area contributed by atoms with E-state index in [2.05, 4.69) is 96.2 Å². The third kappa shape index (κ3) is 3.92. The summed E-state index contributed by atoms with van der Waals surface area (Å²) in [6.45, 7) is 13.4. The van der Waals surface area contributed by atoms with Gasteiger partial charge in [-0.25, -0.2) is 0 Å². The summed E-state index contributed by atoms with van der Waals surface area (Å²) in [6, 6.07) is 13.9. The van der Waals surface area contributed by atoms with Crippen LogP contribution in [0.1, 0.15) is 42.5 Å². The molecule has 0 fully saturated rings. The van der Waals surface area contributed by atoms with Crippen molar-refractivity contribution >= 4 is 18.5 Å². The van der Waals surface area contributed by atoms with Crippen LogP contribution in [0.3, 0.4) is 0 Å². The lowest BCUT2D eigenvalue weighted by Gasteiger charge is -2.26. The van der Waals surface area contributed by atoms with E-state index in [4.69, 9.17) is 0 Å². The van der Waals surface area contributed by atoms with Gasteiger partial charge in [0.15, 0.2) is 0 Å². The second-order valence-electron chi connectivity index (χ2n) is 7.52. The first-order valence-corrected chi connectivity index (χ1v) is 10.7. The van der Waals surface area contributed by atoms with Gasteiger partial charge in [-0.2, -0.15) is 0 Å². The number of benzene rings is 2. The second kappa shape index (κ2) is 7.77. The van der Waals surface area contributed by atoms with Gasteiger partial charge < -0.3 is 0 Å². The Morgan fingerprint density at radius 2 is 1.23 bits per heavy atom. The summed E-state index contributed by atoms with van der Waals surface area (Å²) in [6.07, 6.45) is 8.14. The fourth-order valence-electron chi connectivity index (χ4n) is 3.76. The predicted molar refractivity (Wildman–Crippen MR) is 118 cm³/mol. The maximum absolute atomic E-state index is 2.45. The van der Waals surface area contributed by atoms with Crippen molar-refractivity contribution in [1.29, 1.82) is 0 Å². The molecule has 1 heteroatoms. The minimum Gasteiger partial charge on any atom is -0.0778 e. The number of rotatable bonds is 3. The smallest absolute Gasteiger partial charge is 0.0122 e. The lowest BCUT2D eigenvalue weighted by molar-refractivity contribution is 1.34. The molecule has 2 aromatic rings. The van der Waals surface area contributed by atoms with Crippen molar-refractivity contribution in [3.63, 3.8) is 0 Å². The average Bonchev–Trinajstić information content (AvgIpc) is 2.72. The molecule has 0 saturated carbocycles. The lowest BCUT2D eigenvalue weighted by Crippen LogP contribution is -2.18. The topological polar surface area (TPSA) is 0 Å². The molecule has 3 rings (SSSR count). The maximum Gasteiger partial charge on any atom is -0.0122 e. The first-order valence-electron chi connectivity index (χ1n) is 9.37. The third-order valence-corrected chi connectivity index (χ3v) is 8.01. The Bertz CT molecular complexity index is 874. The molecule has 0 nitrogen and oxygen atoms in total. The molecule has 0 amide bonds. The van der Waals surface area contributed by atoms with Gasteiger partial charge in [-0.05, 0) is 88.5 Å². The Morgan fingerprint density at radius 3 is 1.73 bits per heavy atom. The summed E-state index contributed by atoms with van der Waals surface area (Å²) in [7, 11) is -0.551.